The summed E-state index contributed by atoms with van der Waals surface area (Å²) in [7, 11) is 2.05. The summed E-state index contributed by atoms with van der Waals surface area (Å²) in [5, 5.41) is 0. The van der Waals surface area contributed by atoms with Crippen molar-refractivity contribution in [3.05, 3.63) is 41.0 Å². The lowest BCUT2D eigenvalue weighted by atomic mass is 9.81. The van der Waals surface area contributed by atoms with Gasteiger partial charge in [0.25, 0.3) is 5.91 Å². The van der Waals surface area contributed by atoms with Gasteiger partial charge >= 0.3 is 0 Å². The molecule has 6 heteroatoms. The van der Waals surface area contributed by atoms with Crippen molar-refractivity contribution >= 4 is 35.6 Å². The van der Waals surface area contributed by atoms with Crippen LogP contribution in [0.2, 0.25) is 0 Å². The predicted molar refractivity (Wildman–Crippen MR) is 150 cm³/mol. The van der Waals surface area contributed by atoms with Crippen LogP contribution in [0.25, 0.3) is 11.1 Å². The van der Waals surface area contributed by atoms with E-state index in [1.807, 2.05) is 13.1 Å². The van der Waals surface area contributed by atoms with Crippen LogP contribution in [0.5, 0.6) is 0 Å². The van der Waals surface area contributed by atoms with E-state index >= 15 is 0 Å². The second-order valence-electron chi connectivity index (χ2n) is 10.7. The van der Waals surface area contributed by atoms with Crippen LogP contribution in [0.15, 0.2) is 34.3 Å². The summed E-state index contributed by atoms with van der Waals surface area (Å²) in [6.45, 7) is 11.9. The van der Waals surface area contributed by atoms with Gasteiger partial charge in [-0.3, -0.25) is 9.79 Å². The number of hydrogen-bond acceptors (Lipinski definition) is 5. The SMILES string of the molecule is CCC1CC=Nc2c(C(N)=O)c(N(C)CCCC(C)C(C)C)cc(-c3ccc4c(c3)N=COC4C)c21. The number of amides is 1. The number of carbonyl (C=O) groups is 1. The van der Waals surface area contributed by atoms with E-state index in [2.05, 4.69) is 68.9 Å². The molecule has 0 saturated carbocycles. The standard InChI is InChI=1S/C30H40N4O2/c1-7-21-12-13-32-29-27(21)24(22-10-11-23-20(5)36-17-33-25(23)15-22)16-26(28(29)30(31)35)34(6)14-8-9-19(4)18(2)3/h10-11,13,15-21H,7-9,12,14H2,1-6H3,(H2,31,35). The summed E-state index contributed by atoms with van der Waals surface area (Å²) in [5.74, 6) is 1.17. The van der Waals surface area contributed by atoms with Gasteiger partial charge in [-0.1, -0.05) is 39.8 Å². The Morgan fingerprint density at radius 2 is 2.00 bits per heavy atom. The van der Waals surface area contributed by atoms with E-state index in [9.17, 15) is 4.79 Å². The number of primary amides is 1. The Bertz CT molecular complexity index is 1180. The number of anilines is 1. The molecule has 0 aliphatic carbocycles. The molecular weight excluding hydrogens is 448 g/mol. The van der Waals surface area contributed by atoms with Crippen LogP contribution >= 0.6 is 0 Å². The highest BCUT2D eigenvalue weighted by Gasteiger charge is 2.29. The highest BCUT2D eigenvalue weighted by molar-refractivity contribution is 6.07. The van der Waals surface area contributed by atoms with Gasteiger partial charge in [0.05, 0.1) is 22.6 Å². The first-order valence-electron chi connectivity index (χ1n) is 13.3. The average Bonchev–Trinajstić information content (AvgIpc) is 2.86. The average molecular weight is 489 g/mol. The maximum atomic E-state index is 12.8. The molecule has 2 N–H and O–H groups in total. The van der Waals surface area contributed by atoms with E-state index in [4.69, 9.17) is 15.5 Å². The Labute approximate surface area is 215 Å². The van der Waals surface area contributed by atoms with Gasteiger partial charge in [-0.25, -0.2) is 4.99 Å². The maximum Gasteiger partial charge on any atom is 0.253 e. The first kappa shape index (κ1) is 25.9. The van der Waals surface area contributed by atoms with Crippen LogP contribution in [-0.4, -0.2) is 32.1 Å². The summed E-state index contributed by atoms with van der Waals surface area (Å²) >= 11 is 0. The number of carbonyl (C=O) groups excluding carboxylic acids is 1. The third-order valence-electron chi connectivity index (χ3n) is 8.02. The van der Waals surface area contributed by atoms with Crippen molar-refractivity contribution in [3.8, 4) is 11.1 Å². The summed E-state index contributed by atoms with van der Waals surface area (Å²) in [6, 6.07) is 8.52. The predicted octanol–water partition coefficient (Wildman–Crippen LogP) is 7.31. The van der Waals surface area contributed by atoms with Gasteiger partial charge in [0, 0.05) is 25.4 Å². The van der Waals surface area contributed by atoms with Crippen LogP contribution in [0, 0.1) is 11.8 Å². The number of fused-ring (bicyclic) bond motifs is 2. The quantitative estimate of drug-likeness (QED) is 0.402. The molecule has 2 heterocycles. The summed E-state index contributed by atoms with van der Waals surface area (Å²) < 4.78 is 5.57. The zero-order chi connectivity index (χ0) is 26.0. The van der Waals surface area contributed by atoms with Crippen molar-refractivity contribution in [2.45, 2.75) is 72.3 Å². The van der Waals surface area contributed by atoms with E-state index in [0.717, 1.165) is 71.5 Å². The van der Waals surface area contributed by atoms with Crippen LogP contribution in [0.4, 0.5) is 17.1 Å². The molecule has 4 rings (SSSR count). The lowest BCUT2D eigenvalue weighted by Crippen LogP contribution is -2.25. The van der Waals surface area contributed by atoms with Gasteiger partial charge in [0.2, 0.25) is 0 Å². The van der Waals surface area contributed by atoms with Crippen molar-refractivity contribution in [2.24, 2.45) is 27.6 Å². The highest BCUT2D eigenvalue weighted by atomic mass is 16.5. The van der Waals surface area contributed by atoms with Gasteiger partial charge in [0.1, 0.15) is 6.10 Å². The number of nitrogens with two attached hydrogens (primary N) is 1. The molecule has 0 bridgehead atoms. The molecule has 1 amide bonds. The van der Waals surface area contributed by atoms with Crippen molar-refractivity contribution in [1.29, 1.82) is 0 Å². The summed E-state index contributed by atoms with van der Waals surface area (Å²) in [5.41, 5.74) is 13.4. The molecule has 6 nitrogen and oxygen atoms in total. The van der Waals surface area contributed by atoms with E-state index in [-0.39, 0.29) is 12.0 Å². The van der Waals surface area contributed by atoms with E-state index in [1.165, 1.54) is 6.40 Å². The zero-order valence-electron chi connectivity index (χ0n) is 22.5. The molecule has 0 aromatic heterocycles. The maximum absolute atomic E-state index is 12.8. The number of aliphatic imine (C=N–C) groups is 2. The molecule has 0 radical (unpaired) electrons. The second kappa shape index (κ2) is 10.9. The first-order chi connectivity index (χ1) is 17.2. The van der Waals surface area contributed by atoms with Crippen molar-refractivity contribution in [2.75, 3.05) is 18.5 Å². The molecule has 2 aliphatic heterocycles. The van der Waals surface area contributed by atoms with E-state index in [1.54, 1.807) is 0 Å². The number of rotatable bonds is 9. The second-order valence-corrected chi connectivity index (χ2v) is 10.7. The molecule has 36 heavy (non-hydrogen) atoms. The number of ether oxygens (including phenoxy) is 1. The van der Waals surface area contributed by atoms with Crippen LogP contribution < -0.4 is 10.6 Å². The number of nitrogens with zero attached hydrogens (tertiary/aromatic N) is 3. The minimum Gasteiger partial charge on any atom is -0.475 e. The lowest BCUT2D eigenvalue weighted by Gasteiger charge is -2.30. The molecule has 2 aliphatic rings. The molecule has 3 unspecified atom stereocenters. The molecule has 2 aromatic rings. The topological polar surface area (TPSA) is 80.3 Å². The fourth-order valence-corrected chi connectivity index (χ4v) is 5.28. The molecule has 0 fully saturated rings. The third-order valence-corrected chi connectivity index (χ3v) is 8.02. The minimum absolute atomic E-state index is 0.0272. The Balaban J connectivity index is 1.83. The van der Waals surface area contributed by atoms with E-state index in [0.29, 0.717) is 17.4 Å². The summed E-state index contributed by atoms with van der Waals surface area (Å²) in [6.07, 6.45) is 7.44. The molecule has 192 valence electrons. The van der Waals surface area contributed by atoms with Gasteiger partial charge in [-0.2, -0.15) is 0 Å². The number of hydrogen-bond donors (Lipinski definition) is 1. The molecule has 0 saturated heterocycles. The Morgan fingerprint density at radius 3 is 2.69 bits per heavy atom. The van der Waals surface area contributed by atoms with Gasteiger partial charge in [0.15, 0.2) is 6.40 Å². The normalized spacial score (nSPS) is 19.0. The summed E-state index contributed by atoms with van der Waals surface area (Å²) in [4.78, 5) is 24.3. The molecule has 2 aromatic carbocycles. The molecule has 0 spiro atoms. The Hall–Kier alpha value is -3.15. The smallest absolute Gasteiger partial charge is 0.253 e. The largest absolute Gasteiger partial charge is 0.475 e. The lowest BCUT2D eigenvalue weighted by molar-refractivity contribution is 0.100. The first-order valence-corrected chi connectivity index (χ1v) is 13.3. The molecule has 3 atom stereocenters. The minimum atomic E-state index is -0.426. The van der Waals surface area contributed by atoms with E-state index < -0.39 is 5.91 Å². The van der Waals surface area contributed by atoms with Crippen LogP contribution in [0.1, 0.15) is 93.8 Å². The Morgan fingerprint density at radius 1 is 1.22 bits per heavy atom. The zero-order valence-corrected chi connectivity index (χ0v) is 22.5. The fourth-order valence-electron chi connectivity index (χ4n) is 5.28. The number of benzene rings is 2. The van der Waals surface area contributed by atoms with Crippen molar-refractivity contribution in [3.63, 3.8) is 0 Å². The monoisotopic (exact) mass is 488 g/mol. The third kappa shape index (κ3) is 5.04. The van der Waals surface area contributed by atoms with Gasteiger partial charge < -0.3 is 15.4 Å². The van der Waals surface area contributed by atoms with Gasteiger partial charge in [-0.05, 0) is 79.2 Å². The fraction of sp³-hybridized carbons (Fsp3) is 0.500. The Kier molecular flexibility index (Phi) is 7.82. The van der Waals surface area contributed by atoms with Crippen LogP contribution in [0.3, 0.4) is 0 Å². The van der Waals surface area contributed by atoms with Crippen molar-refractivity contribution in [1.82, 2.24) is 0 Å². The highest BCUT2D eigenvalue weighted by Crippen LogP contribution is 2.48. The van der Waals surface area contributed by atoms with Crippen LogP contribution in [-0.2, 0) is 4.74 Å². The van der Waals surface area contributed by atoms with Crippen molar-refractivity contribution < 1.29 is 9.53 Å². The van der Waals surface area contributed by atoms with Gasteiger partial charge in [-0.15, -0.1) is 0 Å². The molecular formula is C30H40N4O2.